The lowest BCUT2D eigenvalue weighted by Crippen LogP contribution is -2.54. The molecule has 1 rings (SSSR count). The highest BCUT2D eigenvalue weighted by molar-refractivity contribution is 5.98. The smallest absolute Gasteiger partial charge is 0.330 e. The van der Waals surface area contributed by atoms with Gasteiger partial charge in [-0.2, -0.15) is 0 Å². The summed E-state index contributed by atoms with van der Waals surface area (Å²) < 4.78 is 0. The maximum Gasteiger partial charge on any atom is 0.336 e. The van der Waals surface area contributed by atoms with E-state index in [2.05, 4.69) is 5.32 Å². The molecular weight excluding hydrogens is 194 g/mol. The van der Waals surface area contributed by atoms with Crippen LogP contribution in [0.5, 0.6) is 0 Å². The molecule has 1 aliphatic heterocycles. The number of nitrogens with one attached hydrogen (secondary N) is 1. The normalized spacial score (nSPS) is 21.7. The van der Waals surface area contributed by atoms with Crippen molar-refractivity contribution in [1.29, 1.82) is 0 Å². The zero-order valence-electron chi connectivity index (χ0n) is 9.33. The molecule has 0 radical (unpaired) electrons. The molecule has 0 bridgehead atoms. The average Bonchev–Trinajstić information content (AvgIpc) is 2.14. The Morgan fingerprint density at radius 1 is 1.60 bits per heavy atom. The van der Waals surface area contributed by atoms with E-state index in [1.165, 1.54) is 6.92 Å². The van der Waals surface area contributed by atoms with Crippen LogP contribution < -0.4 is 11.2 Å². The predicted molar refractivity (Wildman–Crippen MR) is 56.6 cm³/mol. The topological polar surface area (TPSA) is 75.4 Å². The van der Waals surface area contributed by atoms with Gasteiger partial charge >= 0.3 is 6.03 Å². The monoisotopic (exact) mass is 211 g/mol. The van der Waals surface area contributed by atoms with Gasteiger partial charge in [0, 0.05) is 11.3 Å². The van der Waals surface area contributed by atoms with E-state index in [9.17, 15) is 9.59 Å². The van der Waals surface area contributed by atoms with Crippen molar-refractivity contribution in [2.75, 3.05) is 0 Å². The number of Topliss-reactive ketones (excluding diaryl/α,β-unsaturated/α-hetero) is 1. The van der Waals surface area contributed by atoms with E-state index in [1.807, 2.05) is 6.92 Å². The van der Waals surface area contributed by atoms with E-state index in [1.54, 1.807) is 6.92 Å². The van der Waals surface area contributed by atoms with Gasteiger partial charge in [-0.3, -0.25) is 4.79 Å². The molecule has 0 fully saturated rings. The highest BCUT2D eigenvalue weighted by atomic mass is 16.2. The zero-order chi connectivity index (χ0) is 11.6. The van der Waals surface area contributed by atoms with Gasteiger partial charge in [0.05, 0.1) is 6.04 Å². The maximum atomic E-state index is 11.5. The number of carbonyl (C=O) groups excluding carboxylic acids is 2. The SMILES string of the molecule is CCC[C@@H]1NC(=O)N(N)C(C)=C1C(C)=O. The maximum absolute atomic E-state index is 11.5. The Balaban J connectivity index is 3.08. The predicted octanol–water partition coefficient (Wildman–Crippen LogP) is 0.917. The number of ketones is 1. The van der Waals surface area contributed by atoms with E-state index >= 15 is 0 Å². The standard InChI is InChI=1S/C10H17N3O2/c1-4-5-8-9(7(3)14)6(2)13(11)10(15)12-8/h8H,4-5,11H2,1-3H3,(H,12,15)/t8-/m0/s1. The third-order valence-electron chi connectivity index (χ3n) is 2.57. The summed E-state index contributed by atoms with van der Waals surface area (Å²) >= 11 is 0. The Morgan fingerprint density at radius 3 is 2.67 bits per heavy atom. The molecule has 2 amide bonds. The third kappa shape index (κ3) is 2.18. The van der Waals surface area contributed by atoms with Gasteiger partial charge in [0.1, 0.15) is 0 Å². The second kappa shape index (κ2) is 4.44. The molecule has 3 N–H and O–H groups in total. The minimum atomic E-state index is -0.351. The first-order valence-electron chi connectivity index (χ1n) is 5.06. The quantitative estimate of drug-likeness (QED) is 0.538. The van der Waals surface area contributed by atoms with Crippen LogP contribution in [-0.4, -0.2) is 22.9 Å². The number of hydrogen-bond donors (Lipinski definition) is 2. The molecule has 0 saturated heterocycles. The number of allylic oxidation sites excluding steroid dienone is 1. The number of carbonyl (C=O) groups is 2. The van der Waals surface area contributed by atoms with Crippen molar-refractivity contribution in [3.05, 3.63) is 11.3 Å². The molecule has 0 aromatic carbocycles. The molecule has 0 saturated carbocycles. The second-order valence-corrected chi connectivity index (χ2v) is 3.72. The van der Waals surface area contributed by atoms with Crippen LogP contribution in [0.1, 0.15) is 33.6 Å². The van der Waals surface area contributed by atoms with Gasteiger partial charge in [-0.05, 0) is 20.3 Å². The fourth-order valence-electron chi connectivity index (χ4n) is 1.83. The highest BCUT2D eigenvalue weighted by Crippen LogP contribution is 2.20. The van der Waals surface area contributed by atoms with Crippen LogP contribution in [0.3, 0.4) is 0 Å². The number of rotatable bonds is 3. The van der Waals surface area contributed by atoms with Crippen LogP contribution >= 0.6 is 0 Å². The Morgan fingerprint density at radius 2 is 2.20 bits per heavy atom. The number of hydrazine groups is 1. The van der Waals surface area contributed by atoms with Crippen molar-refractivity contribution >= 4 is 11.8 Å². The van der Waals surface area contributed by atoms with Gasteiger partial charge < -0.3 is 5.32 Å². The van der Waals surface area contributed by atoms with Crippen LogP contribution in [0.15, 0.2) is 11.3 Å². The van der Waals surface area contributed by atoms with Gasteiger partial charge in [-0.15, -0.1) is 0 Å². The molecule has 0 aromatic heterocycles. The van der Waals surface area contributed by atoms with E-state index in [0.717, 1.165) is 17.9 Å². The Bertz CT molecular complexity index is 323. The summed E-state index contributed by atoms with van der Waals surface area (Å²) in [5.41, 5.74) is 1.16. The summed E-state index contributed by atoms with van der Waals surface area (Å²) in [6.45, 7) is 5.19. The number of hydrogen-bond acceptors (Lipinski definition) is 3. The van der Waals surface area contributed by atoms with E-state index < -0.39 is 0 Å². The first-order valence-corrected chi connectivity index (χ1v) is 5.06. The molecule has 5 heteroatoms. The molecule has 1 atom stereocenters. The molecular formula is C10H17N3O2. The van der Waals surface area contributed by atoms with Crippen molar-refractivity contribution in [3.8, 4) is 0 Å². The van der Waals surface area contributed by atoms with Gasteiger partial charge in [-0.1, -0.05) is 13.3 Å². The molecule has 15 heavy (non-hydrogen) atoms. The van der Waals surface area contributed by atoms with E-state index in [4.69, 9.17) is 5.84 Å². The molecule has 0 unspecified atom stereocenters. The van der Waals surface area contributed by atoms with Crippen LogP contribution in [0.4, 0.5) is 4.79 Å². The fraction of sp³-hybridized carbons (Fsp3) is 0.600. The Labute approximate surface area is 89.3 Å². The van der Waals surface area contributed by atoms with Crippen molar-refractivity contribution in [2.45, 2.75) is 39.7 Å². The summed E-state index contributed by atoms with van der Waals surface area (Å²) in [4.78, 5) is 22.9. The molecule has 0 spiro atoms. The fourth-order valence-corrected chi connectivity index (χ4v) is 1.83. The van der Waals surface area contributed by atoms with Crippen LogP contribution in [-0.2, 0) is 4.79 Å². The summed E-state index contributed by atoms with van der Waals surface area (Å²) in [5, 5.41) is 3.70. The van der Waals surface area contributed by atoms with Crippen molar-refractivity contribution in [3.63, 3.8) is 0 Å². The average molecular weight is 211 g/mol. The molecule has 5 nitrogen and oxygen atoms in total. The summed E-state index contributed by atoms with van der Waals surface area (Å²) in [6, 6.07) is -0.546. The molecule has 84 valence electrons. The number of nitrogens with two attached hydrogens (primary N) is 1. The van der Waals surface area contributed by atoms with Gasteiger partial charge in [0.15, 0.2) is 5.78 Å². The Kier molecular flexibility index (Phi) is 3.47. The molecule has 1 heterocycles. The summed E-state index contributed by atoms with van der Waals surface area (Å²) in [5.74, 6) is 5.48. The lowest BCUT2D eigenvalue weighted by atomic mass is 9.96. The van der Waals surface area contributed by atoms with Gasteiger partial charge in [0.2, 0.25) is 0 Å². The van der Waals surface area contributed by atoms with Crippen molar-refractivity contribution in [2.24, 2.45) is 5.84 Å². The number of nitrogens with zero attached hydrogens (tertiary/aromatic N) is 1. The number of urea groups is 1. The Hall–Kier alpha value is -1.36. The summed E-state index contributed by atoms with van der Waals surface area (Å²) in [6.07, 6.45) is 1.66. The van der Waals surface area contributed by atoms with Crippen molar-refractivity contribution in [1.82, 2.24) is 10.3 Å². The molecule has 1 aliphatic rings. The third-order valence-corrected chi connectivity index (χ3v) is 2.57. The summed E-state index contributed by atoms with van der Waals surface area (Å²) in [7, 11) is 0. The van der Waals surface area contributed by atoms with Gasteiger partial charge in [-0.25, -0.2) is 15.6 Å². The molecule has 0 aliphatic carbocycles. The first-order chi connectivity index (χ1) is 6.99. The van der Waals surface area contributed by atoms with Crippen LogP contribution in [0.2, 0.25) is 0 Å². The minimum Gasteiger partial charge on any atom is -0.330 e. The lowest BCUT2D eigenvalue weighted by molar-refractivity contribution is -0.114. The highest BCUT2D eigenvalue weighted by Gasteiger charge is 2.30. The minimum absolute atomic E-state index is 0.0404. The van der Waals surface area contributed by atoms with E-state index in [-0.39, 0.29) is 17.9 Å². The lowest BCUT2D eigenvalue weighted by Gasteiger charge is -2.32. The van der Waals surface area contributed by atoms with Crippen LogP contribution in [0, 0.1) is 0 Å². The second-order valence-electron chi connectivity index (χ2n) is 3.72. The number of amides is 2. The van der Waals surface area contributed by atoms with Crippen molar-refractivity contribution < 1.29 is 9.59 Å². The zero-order valence-corrected chi connectivity index (χ0v) is 9.33. The first kappa shape index (κ1) is 11.7. The van der Waals surface area contributed by atoms with E-state index in [0.29, 0.717) is 11.3 Å². The molecule has 0 aromatic rings. The largest absolute Gasteiger partial charge is 0.336 e. The van der Waals surface area contributed by atoms with Crippen LogP contribution in [0.25, 0.3) is 0 Å². The van der Waals surface area contributed by atoms with Gasteiger partial charge in [0.25, 0.3) is 0 Å².